The maximum atomic E-state index is 12.8. The molecule has 340 valence electrons. The molecule has 13 heteroatoms. The van der Waals surface area contributed by atoms with Crippen molar-refractivity contribution in [3.63, 3.8) is 0 Å². The second-order valence-corrected chi connectivity index (χ2v) is 16.6. The van der Waals surface area contributed by atoms with Crippen LogP contribution in [0.3, 0.4) is 0 Å². The van der Waals surface area contributed by atoms with Crippen molar-refractivity contribution < 1.29 is 58.3 Å². The van der Waals surface area contributed by atoms with Crippen LogP contribution in [0.15, 0.2) is 72.9 Å². The summed E-state index contributed by atoms with van der Waals surface area (Å²) < 4.78 is 34.0. The fourth-order valence-corrected chi connectivity index (χ4v) is 7.27. The first kappa shape index (κ1) is 54.8. The lowest BCUT2D eigenvalue weighted by Crippen LogP contribution is -2.64. The van der Waals surface area contributed by atoms with Crippen LogP contribution in [0.25, 0.3) is 0 Å². The van der Waals surface area contributed by atoms with E-state index < -0.39 is 63.1 Å². The van der Waals surface area contributed by atoms with Crippen LogP contribution in [0, 0.1) is 0 Å². The summed E-state index contributed by atoms with van der Waals surface area (Å²) in [4.78, 5) is 23.1. The monoisotopic (exact) mass is 855 g/mol. The quantitative estimate of drug-likeness (QED) is 0.0152. The van der Waals surface area contributed by atoms with Gasteiger partial charge in [0.05, 0.1) is 13.2 Å². The van der Waals surface area contributed by atoms with Crippen LogP contribution in [-0.4, -0.2) is 98.9 Å². The highest BCUT2D eigenvalue weighted by atomic mass is 31.2. The molecular formula is C46H79O12P. The summed E-state index contributed by atoms with van der Waals surface area (Å²) in [6.07, 6.45) is 34.1. The molecule has 59 heavy (non-hydrogen) atoms. The van der Waals surface area contributed by atoms with Crippen molar-refractivity contribution >= 4 is 13.8 Å². The minimum Gasteiger partial charge on any atom is -0.457 e. The van der Waals surface area contributed by atoms with Crippen molar-refractivity contribution in [1.29, 1.82) is 0 Å². The van der Waals surface area contributed by atoms with Crippen molar-refractivity contribution in [2.24, 2.45) is 0 Å². The zero-order valence-electron chi connectivity index (χ0n) is 36.0. The SMILES string of the molecule is CC/C=C\C/C=C\C/C=C\C/C=C\C/C=C\C/C=C\CCCCCOCC(COP(=O)(O)OC1C(O)C(O)C(O)C(O)C1O)OC(=O)CCCCCCCCCCCC. The van der Waals surface area contributed by atoms with Gasteiger partial charge in [0.15, 0.2) is 0 Å². The Morgan fingerprint density at radius 1 is 0.559 bits per heavy atom. The molecule has 0 aromatic heterocycles. The van der Waals surface area contributed by atoms with Gasteiger partial charge in [0.2, 0.25) is 0 Å². The summed E-state index contributed by atoms with van der Waals surface area (Å²) in [7, 11) is -5.03. The molecule has 0 bridgehead atoms. The number of aliphatic hydroxyl groups excluding tert-OH is 5. The average molecular weight is 855 g/mol. The molecule has 1 aliphatic rings. The van der Waals surface area contributed by atoms with Crippen LogP contribution in [-0.2, 0) is 27.9 Å². The smallest absolute Gasteiger partial charge is 0.457 e. The van der Waals surface area contributed by atoms with Crippen molar-refractivity contribution in [1.82, 2.24) is 0 Å². The van der Waals surface area contributed by atoms with E-state index in [9.17, 15) is 39.8 Å². The van der Waals surface area contributed by atoms with Gasteiger partial charge >= 0.3 is 13.8 Å². The summed E-state index contributed by atoms with van der Waals surface area (Å²) in [6, 6.07) is 0. The van der Waals surface area contributed by atoms with E-state index in [1.54, 1.807) is 0 Å². The number of allylic oxidation sites excluding steroid dienone is 12. The van der Waals surface area contributed by atoms with E-state index in [0.717, 1.165) is 83.5 Å². The zero-order valence-corrected chi connectivity index (χ0v) is 36.9. The Hall–Kier alpha value is -2.22. The van der Waals surface area contributed by atoms with E-state index in [0.29, 0.717) is 13.0 Å². The molecule has 1 saturated carbocycles. The molecule has 0 radical (unpaired) electrons. The topological polar surface area (TPSA) is 192 Å². The van der Waals surface area contributed by atoms with Crippen molar-refractivity contribution in [3.05, 3.63) is 72.9 Å². The third-order valence-electron chi connectivity index (χ3n) is 9.84. The Morgan fingerprint density at radius 3 is 1.51 bits per heavy atom. The lowest BCUT2D eigenvalue weighted by Gasteiger charge is -2.41. The largest absolute Gasteiger partial charge is 0.472 e. The number of phosphoric acid groups is 1. The normalized spacial score (nSPS) is 23.2. The van der Waals surface area contributed by atoms with Gasteiger partial charge in [0.1, 0.15) is 42.7 Å². The molecule has 0 amide bonds. The van der Waals surface area contributed by atoms with Crippen LogP contribution in [0.4, 0.5) is 0 Å². The number of esters is 1. The number of aliphatic hydroxyl groups is 5. The van der Waals surface area contributed by atoms with Gasteiger partial charge in [-0.2, -0.15) is 0 Å². The first-order valence-corrected chi connectivity index (χ1v) is 23.8. The number of ether oxygens (including phenoxy) is 2. The average Bonchev–Trinajstić information content (AvgIpc) is 3.22. The number of rotatable bonds is 36. The van der Waals surface area contributed by atoms with E-state index in [1.807, 2.05) is 0 Å². The zero-order chi connectivity index (χ0) is 43.4. The van der Waals surface area contributed by atoms with Crippen LogP contribution in [0.1, 0.15) is 149 Å². The fraction of sp³-hybridized carbons (Fsp3) is 0.717. The number of phosphoric ester groups is 1. The molecule has 0 aliphatic heterocycles. The third-order valence-corrected chi connectivity index (χ3v) is 10.8. The van der Waals surface area contributed by atoms with Crippen molar-refractivity contribution in [2.45, 2.75) is 191 Å². The number of carbonyl (C=O) groups is 1. The van der Waals surface area contributed by atoms with Crippen molar-refractivity contribution in [3.8, 4) is 0 Å². The van der Waals surface area contributed by atoms with E-state index in [-0.39, 0.29) is 13.0 Å². The molecule has 6 N–H and O–H groups in total. The lowest BCUT2D eigenvalue weighted by atomic mass is 9.85. The molecule has 1 fully saturated rings. The van der Waals surface area contributed by atoms with Crippen LogP contribution in [0.2, 0.25) is 0 Å². The summed E-state index contributed by atoms with van der Waals surface area (Å²) in [5.41, 5.74) is 0. The van der Waals surface area contributed by atoms with Crippen LogP contribution < -0.4 is 0 Å². The third kappa shape index (κ3) is 28.9. The van der Waals surface area contributed by atoms with E-state index >= 15 is 0 Å². The Kier molecular flexibility index (Phi) is 33.8. The van der Waals surface area contributed by atoms with E-state index in [2.05, 4.69) is 86.8 Å². The van der Waals surface area contributed by atoms with Gasteiger partial charge in [-0.3, -0.25) is 13.8 Å². The first-order chi connectivity index (χ1) is 28.5. The van der Waals surface area contributed by atoms with Gasteiger partial charge in [0.25, 0.3) is 0 Å². The number of carbonyl (C=O) groups excluding carboxylic acids is 1. The van der Waals surface area contributed by atoms with E-state index in [4.69, 9.17) is 18.5 Å². The minimum atomic E-state index is -5.03. The predicted octanol–water partition coefficient (Wildman–Crippen LogP) is 8.80. The molecule has 0 aromatic carbocycles. The highest BCUT2D eigenvalue weighted by Crippen LogP contribution is 2.47. The van der Waals surface area contributed by atoms with Crippen LogP contribution in [0.5, 0.6) is 0 Å². The molecule has 6 atom stereocenters. The Bertz CT molecular complexity index is 1250. The van der Waals surface area contributed by atoms with Crippen LogP contribution >= 0.6 is 7.82 Å². The second kappa shape index (κ2) is 36.4. The fourth-order valence-electron chi connectivity index (χ4n) is 6.30. The lowest BCUT2D eigenvalue weighted by molar-refractivity contribution is -0.220. The standard InChI is InChI=1S/C46H79O12P/c1-3-5-7-9-11-13-15-16-17-18-19-20-21-22-23-24-25-26-28-30-32-34-36-55-37-39(57-40(47)35-33-31-29-27-14-12-10-8-6-4-2)38-56-59(53,54)58-46-44(51)42(49)41(48)43(50)45(46)52/h5,7,11,13,16-17,19-20,22-23,25-26,39,41-46,48-52H,3-4,6,8-10,12,14-15,18,21,24,27-38H2,1-2H3,(H,53,54)/b7-5-,13-11-,17-16-,20-19-,23-22-,26-25-. The molecule has 12 nitrogen and oxygen atoms in total. The highest BCUT2D eigenvalue weighted by Gasteiger charge is 2.51. The number of unbranched alkanes of at least 4 members (excludes halogenated alkanes) is 12. The van der Waals surface area contributed by atoms with Gasteiger partial charge in [-0.1, -0.05) is 151 Å². The molecular weight excluding hydrogens is 775 g/mol. The molecule has 6 unspecified atom stereocenters. The Morgan fingerprint density at radius 2 is 1.00 bits per heavy atom. The van der Waals surface area contributed by atoms with Gasteiger partial charge in [-0.25, -0.2) is 4.57 Å². The Balaban J connectivity index is 2.41. The molecule has 0 aromatic rings. The highest BCUT2D eigenvalue weighted by molar-refractivity contribution is 7.47. The summed E-state index contributed by atoms with van der Waals surface area (Å²) in [6.45, 7) is 4.03. The molecule has 0 heterocycles. The Labute approximate surface area is 355 Å². The summed E-state index contributed by atoms with van der Waals surface area (Å²) in [5.74, 6) is -0.495. The van der Waals surface area contributed by atoms with Gasteiger partial charge in [-0.15, -0.1) is 0 Å². The maximum absolute atomic E-state index is 12.8. The van der Waals surface area contributed by atoms with E-state index in [1.165, 1.54) is 38.5 Å². The maximum Gasteiger partial charge on any atom is 0.472 e. The minimum absolute atomic E-state index is 0.102. The predicted molar refractivity (Wildman–Crippen MR) is 235 cm³/mol. The summed E-state index contributed by atoms with van der Waals surface area (Å²) in [5, 5.41) is 50.1. The summed E-state index contributed by atoms with van der Waals surface area (Å²) >= 11 is 0. The van der Waals surface area contributed by atoms with Gasteiger partial charge in [0, 0.05) is 13.0 Å². The molecule has 1 rings (SSSR count). The van der Waals surface area contributed by atoms with Crippen molar-refractivity contribution in [2.75, 3.05) is 19.8 Å². The number of hydrogen-bond donors (Lipinski definition) is 6. The molecule has 0 saturated heterocycles. The van der Waals surface area contributed by atoms with Gasteiger partial charge in [-0.05, 0) is 64.2 Å². The molecule has 0 spiro atoms. The molecule has 1 aliphatic carbocycles. The first-order valence-electron chi connectivity index (χ1n) is 22.3. The van der Waals surface area contributed by atoms with Gasteiger partial charge < -0.3 is 39.9 Å². The second-order valence-electron chi connectivity index (χ2n) is 15.2. The number of hydrogen-bond acceptors (Lipinski definition) is 11.